The van der Waals surface area contributed by atoms with Gasteiger partial charge in [0.25, 0.3) is 0 Å². The van der Waals surface area contributed by atoms with Crippen LogP contribution in [-0.4, -0.2) is 0 Å². The van der Waals surface area contributed by atoms with Gasteiger partial charge in [0.15, 0.2) is 0 Å². The summed E-state index contributed by atoms with van der Waals surface area (Å²) in [4.78, 5) is 2.29. The molecule has 2 aromatic rings. The Balaban J connectivity index is 2.23. The SMILES string of the molecule is N#CCc1cc(Sc2ccccc2)ccc1N. The third-order valence-corrected chi connectivity index (χ3v) is 3.36. The van der Waals surface area contributed by atoms with Crippen molar-refractivity contribution < 1.29 is 0 Å². The molecule has 0 atom stereocenters. The molecular formula is C14H12N2S. The summed E-state index contributed by atoms with van der Waals surface area (Å²) in [6.45, 7) is 0. The van der Waals surface area contributed by atoms with Crippen molar-refractivity contribution in [3.8, 4) is 6.07 Å². The van der Waals surface area contributed by atoms with Crippen LogP contribution in [0.3, 0.4) is 0 Å². The molecule has 0 aliphatic carbocycles. The van der Waals surface area contributed by atoms with Crippen LogP contribution in [0.1, 0.15) is 5.56 Å². The van der Waals surface area contributed by atoms with Gasteiger partial charge in [0.2, 0.25) is 0 Å². The van der Waals surface area contributed by atoms with Crippen LogP contribution in [0, 0.1) is 11.3 Å². The van der Waals surface area contributed by atoms with Gasteiger partial charge < -0.3 is 5.73 Å². The minimum Gasteiger partial charge on any atom is -0.398 e. The first-order valence-electron chi connectivity index (χ1n) is 5.28. The van der Waals surface area contributed by atoms with E-state index in [9.17, 15) is 0 Å². The van der Waals surface area contributed by atoms with Crippen LogP contribution in [0.15, 0.2) is 58.3 Å². The molecule has 2 nitrogen and oxygen atoms in total. The van der Waals surface area contributed by atoms with Crippen LogP contribution < -0.4 is 5.73 Å². The summed E-state index contributed by atoms with van der Waals surface area (Å²) < 4.78 is 0. The van der Waals surface area contributed by atoms with E-state index < -0.39 is 0 Å². The Hall–Kier alpha value is -1.92. The lowest BCUT2D eigenvalue weighted by atomic mass is 10.1. The van der Waals surface area contributed by atoms with Gasteiger partial charge in [-0.05, 0) is 35.9 Å². The number of nitrogen functional groups attached to an aromatic ring is 1. The molecule has 0 fully saturated rings. The molecule has 0 bridgehead atoms. The van der Waals surface area contributed by atoms with E-state index in [0.717, 1.165) is 10.5 Å². The zero-order chi connectivity index (χ0) is 12.1. The third kappa shape index (κ3) is 3.02. The molecule has 0 aliphatic heterocycles. The highest BCUT2D eigenvalue weighted by Crippen LogP contribution is 2.29. The Kier molecular flexibility index (Phi) is 3.69. The normalized spacial score (nSPS) is 9.82. The van der Waals surface area contributed by atoms with E-state index in [2.05, 4.69) is 18.2 Å². The van der Waals surface area contributed by atoms with Gasteiger partial charge in [-0.1, -0.05) is 30.0 Å². The third-order valence-electron chi connectivity index (χ3n) is 2.36. The Labute approximate surface area is 105 Å². The fraction of sp³-hybridized carbons (Fsp3) is 0.0714. The van der Waals surface area contributed by atoms with Crippen LogP contribution >= 0.6 is 11.8 Å². The minimum absolute atomic E-state index is 0.356. The van der Waals surface area contributed by atoms with Gasteiger partial charge in [0.05, 0.1) is 12.5 Å². The average molecular weight is 240 g/mol. The molecule has 2 rings (SSSR count). The molecular weight excluding hydrogens is 228 g/mol. The maximum Gasteiger partial charge on any atom is 0.0670 e. The monoisotopic (exact) mass is 240 g/mol. The van der Waals surface area contributed by atoms with Gasteiger partial charge in [0.1, 0.15) is 0 Å². The minimum atomic E-state index is 0.356. The van der Waals surface area contributed by atoms with Gasteiger partial charge in [-0.3, -0.25) is 0 Å². The first-order chi connectivity index (χ1) is 8.29. The highest BCUT2D eigenvalue weighted by Gasteiger charge is 2.02. The van der Waals surface area contributed by atoms with Crippen molar-refractivity contribution in [3.05, 3.63) is 54.1 Å². The molecule has 2 aromatic carbocycles. The number of nitrogens with zero attached hydrogens (tertiary/aromatic N) is 1. The molecule has 0 spiro atoms. The maximum absolute atomic E-state index is 8.71. The van der Waals surface area contributed by atoms with E-state index in [1.54, 1.807) is 11.8 Å². The summed E-state index contributed by atoms with van der Waals surface area (Å²) in [6.07, 6.45) is 0.356. The molecule has 0 saturated carbocycles. The number of anilines is 1. The first kappa shape index (κ1) is 11.6. The number of hydrogen-bond donors (Lipinski definition) is 1. The van der Waals surface area contributed by atoms with Gasteiger partial charge in [-0.25, -0.2) is 0 Å². The van der Waals surface area contributed by atoms with Crippen LogP contribution in [0.2, 0.25) is 0 Å². The van der Waals surface area contributed by atoms with Crippen LogP contribution in [0.5, 0.6) is 0 Å². The van der Waals surface area contributed by atoms with Crippen molar-refractivity contribution in [2.75, 3.05) is 5.73 Å². The molecule has 0 aliphatic rings. The fourth-order valence-corrected chi connectivity index (χ4v) is 2.41. The average Bonchev–Trinajstić information content (AvgIpc) is 2.35. The predicted octanol–water partition coefficient (Wildman–Crippen LogP) is 3.49. The Morgan fingerprint density at radius 3 is 2.53 bits per heavy atom. The number of hydrogen-bond acceptors (Lipinski definition) is 3. The topological polar surface area (TPSA) is 49.8 Å². The van der Waals surface area contributed by atoms with Crippen LogP contribution in [0.4, 0.5) is 5.69 Å². The molecule has 0 saturated heterocycles. The number of nitriles is 1. The predicted molar refractivity (Wildman–Crippen MR) is 70.7 cm³/mol. The number of benzene rings is 2. The lowest BCUT2D eigenvalue weighted by Crippen LogP contribution is -1.93. The van der Waals surface area contributed by atoms with E-state index in [1.807, 2.05) is 36.4 Å². The fourth-order valence-electron chi connectivity index (χ4n) is 1.51. The molecule has 84 valence electrons. The summed E-state index contributed by atoms with van der Waals surface area (Å²) in [7, 11) is 0. The summed E-state index contributed by atoms with van der Waals surface area (Å²) in [5.41, 5.74) is 7.39. The standard InChI is InChI=1S/C14H12N2S/c15-9-8-11-10-13(6-7-14(11)16)17-12-4-2-1-3-5-12/h1-7,10H,8,16H2. The van der Waals surface area contributed by atoms with Gasteiger partial charge in [-0.15, -0.1) is 0 Å². The van der Waals surface area contributed by atoms with Crippen molar-refractivity contribution in [3.63, 3.8) is 0 Å². The lowest BCUT2D eigenvalue weighted by Gasteiger charge is -2.05. The molecule has 2 N–H and O–H groups in total. The second kappa shape index (κ2) is 5.42. The van der Waals surface area contributed by atoms with E-state index >= 15 is 0 Å². The smallest absolute Gasteiger partial charge is 0.0670 e. The quantitative estimate of drug-likeness (QED) is 0.835. The molecule has 0 radical (unpaired) electrons. The largest absolute Gasteiger partial charge is 0.398 e. The summed E-state index contributed by atoms with van der Waals surface area (Å²) in [6, 6.07) is 18.1. The van der Waals surface area contributed by atoms with Gasteiger partial charge in [0, 0.05) is 15.5 Å². The molecule has 17 heavy (non-hydrogen) atoms. The van der Waals surface area contributed by atoms with Crippen LogP contribution in [0.25, 0.3) is 0 Å². The molecule has 0 unspecified atom stereocenters. The number of rotatable bonds is 3. The van der Waals surface area contributed by atoms with E-state index in [-0.39, 0.29) is 0 Å². The Morgan fingerprint density at radius 1 is 1.06 bits per heavy atom. The Bertz CT molecular complexity index is 544. The summed E-state index contributed by atoms with van der Waals surface area (Å²) >= 11 is 1.67. The lowest BCUT2D eigenvalue weighted by molar-refractivity contribution is 1.23. The first-order valence-corrected chi connectivity index (χ1v) is 6.09. The van der Waals surface area contributed by atoms with Crippen molar-refractivity contribution in [2.24, 2.45) is 0 Å². The molecule has 0 aromatic heterocycles. The van der Waals surface area contributed by atoms with Crippen molar-refractivity contribution in [1.29, 1.82) is 5.26 Å². The van der Waals surface area contributed by atoms with Gasteiger partial charge >= 0.3 is 0 Å². The van der Waals surface area contributed by atoms with Crippen molar-refractivity contribution >= 4 is 17.4 Å². The maximum atomic E-state index is 8.71. The zero-order valence-corrected chi connectivity index (χ0v) is 10.1. The number of nitrogens with two attached hydrogens (primary N) is 1. The summed E-state index contributed by atoms with van der Waals surface area (Å²) in [5.74, 6) is 0. The molecule has 3 heteroatoms. The second-order valence-electron chi connectivity index (χ2n) is 3.61. The van der Waals surface area contributed by atoms with Gasteiger partial charge in [-0.2, -0.15) is 5.26 Å². The Morgan fingerprint density at radius 2 is 1.82 bits per heavy atom. The zero-order valence-electron chi connectivity index (χ0n) is 9.26. The highest BCUT2D eigenvalue weighted by molar-refractivity contribution is 7.99. The second-order valence-corrected chi connectivity index (χ2v) is 4.76. The van der Waals surface area contributed by atoms with Crippen molar-refractivity contribution in [2.45, 2.75) is 16.2 Å². The van der Waals surface area contributed by atoms with E-state index in [1.165, 1.54) is 4.90 Å². The van der Waals surface area contributed by atoms with Crippen LogP contribution in [-0.2, 0) is 6.42 Å². The van der Waals surface area contributed by atoms with Crippen molar-refractivity contribution in [1.82, 2.24) is 0 Å². The van der Waals surface area contributed by atoms with E-state index in [0.29, 0.717) is 12.1 Å². The molecule has 0 heterocycles. The summed E-state index contributed by atoms with van der Waals surface area (Å²) in [5, 5.41) is 8.71. The van der Waals surface area contributed by atoms with E-state index in [4.69, 9.17) is 11.0 Å². The molecule has 0 amide bonds. The highest BCUT2D eigenvalue weighted by atomic mass is 32.2.